The summed E-state index contributed by atoms with van der Waals surface area (Å²) >= 11 is 0. The molecule has 2 aromatic rings. The van der Waals surface area contributed by atoms with Gasteiger partial charge in [0.05, 0.1) is 26.9 Å². The maximum absolute atomic E-state index is 14.6. The number of carbonyl (C=O) groups is 2. The SMILES string of the molecule is CCCCCC(CC(=O)Nc1cc(C(=O)OC)ccc1C(C)(C)C)c1cc(F)c(OC)cc1OC. The molecule has 1 unspecified atom stereocenters. The Morgan fingerprint density at radius 2 is 1.69 bits per heavy atom. The van der Waals surface area contributed by atoms with E-state index in [0.717, 1.165) is 24.8 Å². The number of unbranched alkanes of at least 4 members (excludes halogenated alkanes) is 2. The fourth-order valence-corrected chi connectivity index (χ4v) is 4.18. The molecule has 35 heavy (non-hydrogen) atoms. The second-order valence-corrected chi connectivity index (χ2v) is 9.68. The third kappa shape index (κ3) is 7.44. The van der Waals surface area contributed by atoms with Gasteiger partial charge in [-0.05, 0) is 41.5 Å². The van der Waals surface area contributed by atoms with E-state index in [1.54, 1.807) is 12.1 Å². The summed E-state index contributed by atoms with van der Waals surface area (Å²) < 4.78 is 30.1. The zero-order valence-electron chi connectivity index (χ0n) is 21.9. The van der Waals surface area contributed by atoms with E-state index in [1.165, 1.54) is 33.5 Å². The van der Waals surface area contributed by atoms with Crippen LogP contribution in [0.3, 0.4) is 0 Å². The Morgan fingerprint density at radius 1 is 1.00 bits per heavy atom. The summed E-state index contributed by atoms with van der Waals surface area (Å²) in [6, 6.07) is 8.10. The molecule has 7 heteroatoms. The average molecular weight is 488 g/mol. The van der Waals surface area contributed by atoms with E-state index in [-0.39, 0.29) is 29.4 Å². The standard InChI is InChI=1S/C28H38FNO5/c1-8-9-10-11-18(20-16-22(29)25(34-6)17-24(20)33-5)15-26(31)30-23-14-19(27(32)35-7)12-13-21(23)28(2,3)4/h12-14,16-18H,8-11,15H2,1-7H3,(H,30,31). The molecule has 1 amide bonds. The van der Waals surface area contributed by atoms with Crippen LogP contribution in [0.2, 0.25) is 0 Å². The molecule has 6 nitrogen and oxygen atoms in total. The smallest absolute Gasteiger partial charge is 0.337 e. The Labute approximate surface area is 208 Å². The third-order valence-electron chi connectivity index (χ3n) is 6.05. The predicted molar refractivity (Wildman–Crippen MR) is 136 cm³/mol. The Kier molecular flexibility index (Phi) is 10.1. The van der Waals surface area contributed by atoms with Crippen LogP contribution >= 0.6 is 0 Å². The summed E-state index contributed by atoms with van der Waals surface area (Å²) in [6.45, 7) is 8.22. The molecule has 192 valence electrons. The van der Waals surface area contributed by atoms with E-state index in [1.807, 2.05) is 26.8 Å². The summed E-state index contributed by atoms with van der Waals surface area (Å²) in [5.41, 5.74) is 2.19. The monoisotopic (exact) mass is 487 g/mol. The number of amides is 1. The van der Waals surface area contributed by atoms with Gasteiger partial charge in [0.1, 0.15) is 5.75 Å². The molecule has 0 saturated carbocycles. The summed E-state index contributed by atoms with van der Waals surface area (Å²) in [5.74, 6) is -0.865. The number of halogens is 1. The lowest BCUT2D eigenvalue weighted by Crippen LogP contribution is -2.21. The Balaban J connectivity index is 2.40. The van der Waals surface area contributed by atoms with Gasteiger partial charge in [0, 0.05) is 23.7 Å². The molecular formula is C28H38FNO5. The van der Waals surface area contributed by atoms with Crippen LogP contribution in [0.5, 0.6) is 11.5 Å². The zero-order chi connectivity index (χ0) is 26.2. The first-order chi connectivity index (χ1) is 16.5. The van der Waals surface area contributed by atoms with Crippen molar-refractivity contribution < 1.29 is 28.2 Å². The zero-order valence-corrected chi connectivity index (χ0v) is 21.9. The van der Waals surface area contributed by atoms with E-state index in [9.17, 15) is 14.0 Å². The molecule has 1 atom stereocenters. The maximum Gasteiger partial charge on any atom is 0.337 e. The third-order valence-corrected chi connectivity index (χ3v) is 6.05. The summed E-state index contributed by atoms with van der Waals surface area (Å²) in [5, 5.41) is 3.00. The first kappa shape index (κ1) is 28.1. The Hall–Kier alpha value is -3.09. The number of ether oxygens (including phenoxy) is 3. The normalized spacial score (nSPS) is 12.1. The number of carbonyl (C=O) groups excluding carboxylic acids is 2. The van der Waals surface area contributed by atoms with Crippen molar-refractivity contribution in [1.82, 2.24) is 0 Å². The number of anilines is 1. The quantitative estimate of drug-likeness (QED) is 0.285. The number of nitrogens with one attached hydrogen (secondary N) is 1. The van der Waals surface area contributed by atoms with Crippen LogP contribution in [-0.4, -0.2) is 33.2 Å². The fraction of sp³-hybridized carbons (Fsp3) is 0.500. The van der Waals surface area contributed by atoms with Crippen LogP contribution in [0.15, 0.2) is 30.3 Å². The lowest BCUT2D eigenvalue weighted by atomic mass is 9.85. The van der Waals surface area contributed by atoms with Crippen LogP contribution in [0.1, 0.15) is 87.2 Å². The van der Waals surface area contributed by atoms with Gasteiger partial charge >= 0.3 is 5.97 Å². The molecule has 0 saturated heterocycles. The van der Waals surface area contributed by atoms with Gasteiger partial charge in [0.25, 0.3) is 0 Å². The van der Waals surface area contributed by atoms with E-state index in [4.69, 9.17) is 14.2 Å². The largest absolute Gasteiger partial charge is 0.496 e. The van der Waals surface area contributed by atoms with Crippen molar-refractivity contribution in [2.75, 3.05) is 26.6 Å². The molecular weight excluding hydrogens is 449 g/mol. The van der Waals surface area contributed by atoms with E-state index in [2.05, 4.69) is 12.2 Å². The fourth-order valence-electron chi connectivity index (χ4n) is 4.18. The minimum absolute atomic E-state index is 0.0943. The number of rotatable bonds is 11. The second kappa shape index (κ2) is 12.6. The number of hydrogen-bond donors (Lipinski definition) is 1. The van der Waals surface area contributed by atoms with Crippen molar-refractivity contribution in [2.24, 2.45) is 0 Å². The Morgan fingerprint density at radius 3 is 2.26 bits per heavy atom. The van der Waals surface area contributed by atoms with Gasteiger partial charge in [0.2, 0.25) is 5.91 Å². The van der Waals surface area contributed by atoms with E-state index >= 15 is 0 Å². The maximum atomic E-state index is 14.6. The molecule has 0 radical (unpaired) electrons. The van der Waals surface area contributed by atoms with E-state index in [0.29, 0.717) is 29.0 Å². The molecule has 1 N–H and O–H groups in total. The highest BCUT2D eigenvalue weighted by atomic mass is 19.1. The topological polar surface area (TPSA) is 73.9 Å². The molecule has 0 spiro atoms. The van der Waals surface area contributed by atoms with Gasteiger partial charge in [-0.15, -0.1) is 0 Å². The summed E-state index contributed by atoms with van der Waals surface area (Å²) in [7, 11) is 4.24. The van der Waals surface area contributed by atoms with Crippen molar-refractivity contribution in [3.05, 3.63) is 52.8 Å². The molecule has 2 aromatic carbocycles. The van der Waals surface area contributed by atoms with Crippen LogP contribution in [-0.2, 0) is 14.9 Å². The van der Waals surface area contributed by atoms with Crippen molar-refractivity contribution in [3.8, 4) is 11.5 Å². The lowest BCUT2D eigenvalue weighted by molar-refractivity contribution is -0.116. The van der Waals surface area contributed by atoms with Gasteiger partial charge in [0.15, 0.2) is 11.6 Å². The van der Waals surface area contributed by atoms with Gasteiger partial charge in [-0.1, -0.05) is 53.0 Å². The Bertz CT molecular complexity index is 1030. The van der Waals surface area contributed by atoms with Gasteiger partial charge in [-0.2, -0.15) is 0 Å². The van der Waals surface area contributed by atoms with Gasteiger partial charge < -0.3 is 19.5 Å². The number of benzene rings is 2. The first-order valence-electron chi connectivity index (χ1n) is 12.0. The average Bonchev–Trinajstić information content (AvgIpc) is 2.82. The van der Waals surface area contributed by atoms with Crippen molar-refractivity contribution in [3.63, 3.8) is 0 Å². The molecule has 0 aromatic heterocycles. The second-order valence-electron chi connectivity index (χ2n) is 9.68. The number of esters is 1. The van der Waals surface area contributed by atoms with E-state index < -0.39 is 11.8 Å². The molecule has 2 rings (SSSR count). The van der Waals surface area contributed by atoms with Crippen LogP contribution in [0.25, 0.3) is 0 Å². The highest BCUT2D eigenvalue weighted by Crippen LogP contribution is 2.38. The van der Waals surface area contributed by atoms with Crippen LogP contribution < -0.4 is 14.8 Å². The van der Waals surface area contributed by atoms with Gasteiger partial charge in [-0.3, -0.25) is 4.79 Å². The molecule has 0 bridgehead atoms. The van der Waals surface area contributed by atoms with Crippen LogP contribution in [0, 0.1) is 5.82 Å². The van der Waals surface area contributed by atoms with Crippen molar-refractivity contribution in [2.45, 2.75) is 71.1 Å². The lowest BCUT2D eigenvalue weighted by Gasteiger charge is -2.25. The molecule has 0 aliphatic heterocycles. The summed E-state index contributed by atoms with van der Waals surface area (Å²) in [6.07, 6.45) is 3.78. The highest BCUT2D eigenvalue weighted by molar-refractivity contribution is 5.96. The van der Waals surface area contributed by atoms with Crippen LogP contribution in [0.4, 0.5) is 10.1 Å². The van der Waals surface area contributed by atoms with Crippen molar-refractivity contribution >= 4 is 17.6 Å². The minimum Gasteiger partial charge on any atom is -0.496 e. The molecule has 0 aliphatic rings. The highest BCUT2D eigenvalue weighted by Gasteiger charge is 2.25. The molecule has 0 heterocycles. The summed E-state index contributed by atoms with van der Waals surface area (Å²) in [4.78, 5) is 25.4. The van der Waals surface area contributed by atoms with Gasteiger partial charge in [-0.25, -0.2) is 9.18 Å². The minimum atomic E-state index is -0.495. The predicted octanol–water partition coefficient (Wildman–Crippen LogP) is 6.62. The molecule has 0 aliphatic carbocycles. The number of hydrogen-bond acceptors (Lipinski definition) is 5. The molecule has 0 fully saturated rings. The number of methoxy groups -OCH3 is 3. The van der Waals surface area contributed by atoms with Crippen molar-refractivity contribution in [1.29, 1.82) is 0 Å². The first-order valence-corrected chi connectivity index (χ1v) is 12.0.